The number of nitrogens with zero attached hydrogens (tertiary/aromatic N) is 3. The van der Waals surface area contributed by atoms with Gasteiger partial charge in [-0.1, -0.05) is 0 Å². The summed E-state index contributed by atoms with van der Waals surface area (Å²) in [5, 5.41) is 10.2. The van der Waals surface area contributed by atoms with Gasteiger partial charge in [0.05, 0.1) is 16.8 Å². The number of halogens is 12. The highest BCUT2D eigenvalue weighted by Crippen LogP contribution is 2.37. The first kappa shape index (κ1) is 30.3. The van der Waals surface area contributed by atoms with Crippen LogP contribution in [0.3, 0.4) is 0 Å². The maximum Gasteiger partial charge on any atom is 0.434 e. The Labute approximate surface area is 190 Å². The predicted octanol–water partition coefficient (Wildman–Crippen LogP) is 5.40. The summed E-state index contributed by atoms with van der Waals surface area (Å²) in [6, 6.07) is 3.11. The van der Waals surface area contributed by atoms with E-state index in [4.69, 9.17) is 5.73 Å². The number of nitro groups is 1. The van der Waals surface area contributed by atoms with E-state index in [1.165, 1.54) is 0 Å². The summed E-state index contributed by atoms with van der Waals surface area (Å²) in [6.07, 6.45) is -29.1. The molecule has 0 aliphatic carbocycles. The second-order valence-corrected chi connectivity index (χ2v) is 6.20. The van der Waals surface area contributed by atoms with Crippen LogP contribution in [0.5, 0.6) is 11.8 Å². The lowest BCUT2D eigenvalue weighted by Gasteiger charge is -2.23. The SMILES string of the molecule is Nc1ccc(OC(C(F)(F)F)C(F)(F)F)nc1.O=[N+]([O-])c1ccc(OC(C(F)(F)F)C(F)(F)F)nc1. The van der Waals surface area contributed by atoms with Gasteiger partial charge in [-0.2, -0.15) is 52.7 Å². The monoisotopic (exact) mass is 550 g/mol. The lowest BCUT2D eigenvalue weighted by molar-refractivity contribution is -0.385. The molecule has 0 aliphatic heterocycles. The van der Waals surface area contributed by atoms with Crippen LogP contribution in [0.2, 0.25) is 0 Å². The minimum absolute atomic E-state index is 0.0907. The van der Waals surface area contributed by atoms with E-state index in [1.807, 2.05) is 0 Å². The van der Waals surface area contributed by atoms with E-state index < -0.39 is 59.3 Å². The van der Waals surface area contributed by atoms with Crippen LogP contribution in [0.25, 0.3) is 0 Å². The number of anilines is 1. The minimum atomic E-state index is -5.68. The molecular weight excluding hydrogens is 540 g/mol. The fourth-order valence-electron chi connectivity index (χ4n) is 1.89. The van der Waals surface area contributed by atoms with Gasteiger partial charge in [0.1, 0.15) is 6.20 Å². The molecule has 2 rings (SSSR count). The number of rotatable bonds is 5. The third-order valence-corrected chi connectivity index (χ3v) is 3.36. The summed E-state index contributed by atoms with van der Waals surface area (Å²) < 4.78 is 153. The van der Waals surface area contributed by atoms with Gasteiger partial charge in [0, 0.05) is 18.2 Å². The number of nitrogens with two attached hydrogens (primary N) is 1. The van der Waals surface area contributed by atoms with Gasteiger partial charge < -0.3 is 15.2 Å². The van der Waals surface area contributed by atoms with E-state index in [0.717, 1.165) is 18.3 Å². The fourth-order valence-corrected chi connectivity index (χ4v) is 1.89. The number of hydrogen-bond acceptors (Lipinski definition) is 7. The Morgan fingerprint density at radius 1 is 0.694 bits per heavy atom. The molecule has 0 bridgehead atoms. The lowest BCUT2D eigenvalue weighted by atomic mass is 10.3. The molecule has 0 unspecified atom stereocenters. The van der Waals surface area contributed by atoms with Crippen LogP contribution in [-0.4, -0.2) is 51.8 Å². The largest absolute Gasteiger partial charge is 0.455 e. The van der Waals surface area contributed by atoms with Crippen LogP contribution in [-0.2, 0) is 0 Å². The van der Waals surface area contributed by atoms with Gasteiger partial charge in [-0.15, -0.1) is 0 Å². The van der Waals surface area contributed by atoms with Crippen molar-refractivity contribution in [1.29, 1.82) is 0 Å². The third kappa shape index (κ3) is 9.49. The number of pyridine rings is 2. The van der Waals surface area contributed by atoms with Crippen molar-refractivity contribution in [3.8, 4) is 11.8 Å². The van der Waals surface area contributed by atoms with Gasteiger partial charge in [0.2, 0.25) is 11.8 Å². The van der Waals surface area contributed by atoms with Gasteiger partial charge in [-0.05, 0) is 6.07 Å². The Morgan fingerprint density at radius 3 is 1.31 bits per heavy atom. The van der Waals surface area contributed by atoms with E-state index in [2.05, 4.69) is 19.4 Å². The highest BCUT2D eigenvalue weighted by molar-refractivity contribution is 5.36. The van der Waals surface area contributed by atoms with Crippen molar-refractivity contribution in [2.24, 2.45) is 0 Å². The fraction of sp³-hybridized carbons (Fsp3) is 0.375. The van der Waals surface area contributed by atoms with E-state index in [1.54, 1.807) is 0 Å². The Morgan fingerprint density at radius 2 is 1.06 bits per heavy atom. The van der Waals surface area contributed by atoms with E-state index >= 15 is 0 Å². The van der Waals surface area contributed by atoms with Crippen molar-refractivity contribution < 1.29 is 67.1 Å². The molecule has 2 aromatic heterocycles. The molecule has 0 amide bonds. The maximum atomic E-state index is 12.1. The van der Waals surface area contributed by atoms with Crippen LogP contribution in [0.4, 0.5) is 64.1 Å². The number of hydrogen-bond donors (Lipinski definition) is 1. The van der Waals surface area contributed by atoms with Crippen molar-refractivity contribution in [2.45, 2.75) is 36.9 Å². The number of ether oxygens (including phenoxy) is 2. The predicted molar refractivity (Wildman–Crippen MR) is 92.6 cm³/mol. The zero-order chi connectivity index (χ0) is 28.1. The topological polar surface area (TPSA) is 113 Å². The zero-order valence-corrected chi connectivity index (χ0v) is 16.7. The van der Waals surface area contributed by atoms with Crippen molar-refractivity contribution in [3.63, 3.8) is 0 Å². The summed E-state index contributed by atoms with van der Waals surface area (Å²) in [6.45, 7) is 0. The van der Waals surface area contributed by atoms with Crippen LogP contribution < -0.4 is 15.2 Å². The first-order valence-corrected chi connectivity index (χ1v) is 8.54. The van der Waals surface area contributed by atoms with Crippen molar-refractivity contribution in [3.05, 3.63) is 46.8 Å². The standard InChI is InChI=1S/C8H4F6N2O3.C8H6F6N2O/c9-7(10,11)6(8(12,13)14)19-5-2-1-4(3-15-5)16(17)18;9-7(10,11)6(8(12,13)14)17-5-2-1-4(15)3-16-5/h1-3,6H;1-3,6H,15H2. The molecule has 0 aliphatic rings. The normalized spacial score (nSPS) is 12.7. The number of nitrogen functional groups attached to an aromatic ring is 1. The molecule has 202 valence electrons. The van der Waals surface area contributed by atoms with Gasteiger partial charge in [0.15, 0.2) is 0 Å². The summed E-state index contributed by atoms with van der Waals surface area (Å²) in [5.74, 6) is -1.83. The van der Waals surface area contributed by atoms with Crippen LogP contribution in [0.15, 0.2) is 36.7 Å². The van der Waals surface area contributed by atoms with Crippen LogP contribution >= 0.6 is 0 Å². The van der Waals surface area contributed by atoms with Crippen LogP contribution in [0.1, 0.15) is 0 Å². The van der Waals surface area contributed by atoms with Crippen molar-refractivity contribution in [1.82, 2.24) is 9.97 Å². The van der Waals surface area contributed by atoms with Crippen LogP contribution in [0, 0.1) is 10.1 Å². The number of aromatic nitrogens is 2. The maximum absolute atomic E-state index is 12.1. The second-order valence-electron chi connectivity index (χ2n) is 6.20. The average molecular weight is 550 g/mol. The minimum Gasteiger partial charge on any atom is -0.455 e. The highest BCUT2D eigenvalue weighted by Gasteiger charge is 2.60. The summed E-state index contributed by atoms with van der Waals surface area (Å²) >= 11 is 0. The molecule has 20 heteroatoms. The first-order chi connectivity index (χ1) is 16.1. The zero-order valence-electron chi connectivity index (χ0n) is 16.7. The molecule has 0 saturated heterocycles. The lowest BCUT2D eigenvalue weighted by Crippen LogP contribution is -2.46. The first-order valence-electron chi connectivity index (χ1n) is 8.54. The molecule has 0 saturated carbocycles. The summed E-state index contributed by atoms with van der Waals surface area (Å²) in [7, 11) is 0. The van der Waals surface area contributed by atoms with E-state index in [0.29, 0.717) is 18.3 Å². The summed E-state index contributed by atoms with van der Waals surface area (Å²) in [5.41, 5.74) is 4.66. The molecule has 0 aromatic carbocycles. The van der Waals surface area contributed by atoms with Gasteiger partial charge >= 0.3 is 24.7 Å². The molecule has 0 radical (unpaired) electrons. The molecule has 36 heavy (non-hydrogen) atoms. The molecule has 0 atom stereocenters. The quantitative estimate of drug-likeness (QED) is 0.302. The number of alkyl halides is 12. The van der Waals surface area contributed by atoms with E-state index in [-0.39, 0.29) is 5.69 Å². The summed E-state index contributed by atoms with van der Waals surface area (Å²) in [4.78, 5) is 15.5. The molecule has 2 N–H and O–H groups in total. The van der Waals surface area contributed by atoms with Gasteiger partial charge in [-0.3, -0.25) is 10.1 Å². The molecule has 2 heterocycles. The van der Waals surface area contributed by atoms with Crippen molar-refractivity contribution >= 4 is 11.4 Å². The second kappa shape index (κ2) is 10.9. The van der Waals surface area contributed by atoms with Gasteiger partial charge in [-0.25, -0.2) is 9.97 Å². The molecular formula is C16H10F12N4O4. The van der Waals surface area contributed by atoms with Gasteiger partial charge in [0.25, 0.3) is 17.9 Å². The average Bonchev–Trinajstić information content (AvgIpc) is 2.69. The molecule has 0 fully saturated rings. The Hall–Kier alpha value is -3.74. The Bertz CT molecular complexity index is 961. The Balaban J connectivity index is 0.000000362. The van der Waals surface area contributed by atoms with E-state index in [9.17, 15) is 62.8 Å². The smallest absolute Gasteiger partial charge is 0.434 e. The molecule has 2 aromatic rings. The Kier molecular flexibility index (Phi) is 9.17. The highest BCUT2D eigenvalue weighted by atomic mass is 19.4. The third-order valence-electron chi connectivity index (χ3n) is 3.36. The van der Waals surface area contributed by atoms with Crippen molar-refractivity contribution in [2.75, 3.05) is 5.73 Å². The molecule has 8 nitrogen and oxygen atoms in total. The molecule has 0 spiro atoms.